The Hall–Kier alpha value is -0.0800. The van der Waals surface area contributed by atoms with Crippen molar-refractivity contribution in [1.82, 2.24) is 5.32 Å². The normalized spacial score (nSPS) is 22.2. The van der Waals surface area contributed by atoms with Crippen molar-refractivity contribution in [3.63, 3.8) is 0 Å². The number of hydrogen-bond donors (Lipinski definition) is 2. The lowest BCUT2D eigenvalue weighted by Crippen LogP contribution is -2.39. The number of hydrogen-bond acceptors (Lipinski definition) is 2. The van der Waals surface area contributed by atoms with Crippen LogP contribution in [0.4, 0.5) is 0 Å². The van der Waals surface area contributed by atoms with Gasteiger partial charge in [0.2, 0.25) is 0 Å². The van der Waals surface area contributed by atoms with E-state index in [-0.39, 0.29) is 6.61 Å². The summed E-state index contributed by atoms with van der Waals surface area (Å²) in [5.41, 5.74) is 0. The van der Waals surface area contributed by atoms with Gasteiger partial charge < -0.3 is 10.4 Å². The maximum Gasteiger partial charge on any atom is 0.0587 e. The molecule has 1 aliphatic rings. The lowest BCUT2D eigenvalue weighted by Gasteiger charge is -2.22. The molecule has 2 nitrogen and oxygen atoms in total. The molecule has 72 valence electrons. The molecule has 2 N–H and O–H groups in total. The van der Waals surface area contributed by atoms with Gasteiger partial charge in [-0.2, -0.15) is 0 Å². The lowest BCUT2D eigenvalue weighted by atomic mass is 9.97. The molecule has 1 rings (SSSR count). The highest BCUT2D eigenvalue weighted by atomic mass is 16.3. The summed E-state index contributed by atoms with van der Waals surface area (Å²) < 4.78 is 0. The zero-order chi connectivity index (χ0) is 8.97. The van der Waals surface area contributed by atoms with Crippen molar-refractivity contribution in [2.24, 2.45) is 5.92 Å². The Morgan fingerprint density at radius 1 is 1.50 bits per heavy atom. The standard InChI is InChI=1S/C10H21NO/c1-3-4-8(2)10(7-12)11-9-5-6-9/h8-12H,3-7H2,1-2H3. The van der Waals surface area contributed by atoms with Gasteiger partial charge in [0, 0.05) is 12.1 Å². The van der Waals surface area contributed by atoms with Gasteiger partial charge in [0.15, 0.2) is 0 Å². The van der Waals surface area contributed by atoms with E-state index >= 15 is 0 Å². The topological polar surface area (TPSA) is 32.3 Å². The molecule has 0 aliphatic heterocycles. The van der Waals surface area contributed by atoms with Gasteiger partial charge in [-0.1, -0.05) is 20.3 Å². The van der Waals surface area contributed by atoms with E-state index < -0.39 is 0 Å². The van der Waals surface area contributed by atoms with Crippen LogP contribution in [-0.2, 0) is 0 Å². The van der Waals surface area contributed by atoms with Gasteiger partial charge in [-0.3, -0.25) is 0 Å². The molecule has 2 heteroatoms. The fourth-order valence-corrected chi connectivity index (χ4v) is 1.61. The van der Waals surface area contributed by atoms with Crippen LogP contribution in [0.5, 0.6) is 0 Å². The molecule has 0 spiro atoms. The van der Waals surface area contributed by atoms with E-state index in [1.54, 1.807) is 0 Å². The lowest BCUT2D eigenvalue weighted by molar-refractivity contribution is 0.198. The summed E-state index contributed by atoms with van der Waals surface area (Å²) in [6, 6.07) is 1.04. The van der Waals surface area contributed by atoms with E-state index in [1.807, 2.05) is 0 Å². The molecule has 0 heterocycles. The van der Waals surface area contributed by atoms with E-state index in [1.165, 1.54) is 25.7 Å². The van der Waals surface area contributed by atoms with Gasteiger partial charge in [0.05, 0.1) is 6.61 Å². The Labute approximate surface area is 75.4 Å². The molecule has 0 bridgehead atoms. The van der Waals surface area contributed by atoms with Gasteiger partial charge in [-0.15, -0.1) is 0 Å². The second-order valence-corrected chi connectivity index (χ2v) is 4.00. The van der Waals surface area contributed by atoms with Crippen molar-refractivity contribution in [2.45, 2.75) is 51.6 Å². The molecule has 1 aliphatic carbocycles. The molecule has 2 atom stereocenters. The Kier molecular flexibility index (Phi) is 4.02. The van der Waals surface area contributed by atoms with Crippen LogP contribution in [0.3, 0.4) is 0 Å². The minimum atomic E-state index is 0.289. The molecule has 0 aromatic carbocycles. The third-order valence-corrected chi connectivity index (χ3v) is 2.65. The van der Waals surface area contributed by atoms with Crippen LogP contribution in [0.1, 0.15) is 39.5 Å². The van der Waals surface area contributed by atoms with Crippen molar-refractivity contribution in [3.05, 3.63) is 0 Å². The number of aliphatic hydroxyl groups excluding tert-OH is 1. The van der Waals surface area contributed by atoms with Crippen molar-refractivity contribution in [1.29, 1.82) is 0 Å². The summed E-state index contributed by atoms with van der Waals surface area (Å²) in [7, 11) is 0. The van der Waals surface area contributed by atoms with Gasteiger partial charge >= 0.3 is 0 Å². The molecule has 0 amide bonds. The van der Waals surface area contributed by atoms with Crippen LogP contribution < -0.4 is 5.32 Å². The Morgan fingerprint density at radius 2 is 2.17 bits per heavy atom. The Morgan fingerprint density at radius 3 is 2.58 bits per heavy atom. The largest absolute Gasteiger partial charge is 0.395 e. The van der Waals surface area contributed by atoms with Crippen LogP contribution in [0, 0.1) is 5.92 Å². The Bertz CT molecular complexity index is 123. The van der Waals surface area contributed by atoms with Gasteiger partial charge in [0.1, 0.15) is 0 Å². The van der Waals surface area contributed by atoms with E-state index in [2.05, 4.69) is 19.2 Å². The van der Waals surface area contributed by atoms with Crippen LogP contribution in [0.25, 0.3) is 0 Å². The fourth-order valence-electron chi connectivity index (χ4n) is 1.61. The first kappa shape index (κ1) is 10.0. The van der Waals surface area contributed by atoms with Crippen LogP contribution in [-0.4, -0.2) is 23.8 Å². The second kappa shape index (κ2) is 4.83. The Balaban J connectivity index is 2.21. The maximum atomic E-state index is 9.14. The van der Waals surface area contributed by atoms with E-state index in [0.29, 0.717) is 18.0 Å². The molecular weight excluding hydrogens is 150 g/mol. The van der Waals surface area contributed by atoms with Crippen molar-refractivity contribution in [3.8, 4) is 0 Å². The number of nitrogens with one attached hydrogen (secondary N) is 1. The zero-order valence-electron chi connectivity index (χ0n) is 8.21. The summed E-state index contributed by atoms with van der Waals surface area (Å²) in [5, 5.41) is 12.6. The van der Waals surface area contributed by atoms with Crippen LogP contribution >= 0.6 is 0 Å². The first-order valence-corrected chi connectivity index (χ1v) is 5.14. The second-order valence-electron chi connectivity index (χ2n) is 4.00. The highest BCUT2D eigenvalue weighted by molar-refractivity contribution is 4.86. The highest BCUT2D eigenvalue weighted by Gasteiger charge is 2.26. The van der Waals surface area contributed by atoms with Crippen LogP contribution in [0.15, 0.2) is 0 Å². The molecule has 0 aromatic rings. The minimum Gasteiger partial charge on any atom is -0.395 e. The summed E-state index contributed by atoms with van der Waals surface area (Å²) in [6.45, 7) is 4.71. The summed E-state index contributed by atoms with van der Waals surface area (Å²) >= 11 is 0. The first-order chi connectivity index (χ1) is 5.77. The zero-order valence-corrected chi connectivity index (χ0v) is 8.21. The van der Waals surface area contributed by atoms with E-state index in [4.69, 9.17) is 5.11 Å². The summed E-state index contributed by atoms with van der Waals surface area (Å²) in [6.07, 6.45) is 5.03. The van der Waals surface area contributed by atoms with Gasteiger partial charge in [-0.25, -0.2) is 0 Å². The molecule has 0 saturated heterocycles. The van der Waals surface area contributed by atoms with Crippen molar-refractivity contribution < 1.29 is 5.11 Å². The molecule has 0 radical (unpaired) electrons. The fraction of sp³-hybridized carbons (Fsp3) is 1.00. The first-order valence-electron chi connectivity index (χ1n) is 5.14. The molecular formula is C10H21NO. The van der Waals surface area contributed by atoms with Crippen molar-refractivity contribution in [2.75, 3.05) is 6.61 Å². The molecule has 0 aromatic heterocycles. The third kappa shape index (κ3) is 3.11. The number of aliphatic hydroxyl groups is 1. The van der Waals surface area contributed by atoms with E-state index in [9.17, 15) is 0 Å². The molecule has 1 fully saturated rings. The number of rotatable bonds is 6. The molecule has 1 saturated carbocycles. The van der Waals surface area contributed by atoms with Gasteiger partial charge in [-0.05, 0) is 25.2 Å². The van der Waals surface area contributed by atoms with Crippen molar-refractivity contribution >= 4 is 0 Å². The van der Waals surface area contributed by atoms with E-state index in [0.717, 1.165) is 0 Å². The maximum absolute atomic E-state index is 9.14. The predicted molar refractivity (Wildman–Crippen MR) is 51.1 cm³/mol. The monoisotopic (exact) mass is 171 g/mol. The summed E-state index contributed by atoms with van der Waals surface area (Å²) in [4.78, 5) is 0. The van der Waals surface area contributed by atoms with Gasteiger partial charge in [0.25, 0.3) is 0 Å². The minimum absolute atomic E-state index is 0.289. The SMILES string of the molecule is CCCC(C)C(CO)NC1CC1. The highest BCUT2D eigenvalue weighted by Crippen LogP contribution is 2.22. The average molecular weight is 171 g/mol. The third-order valence-electron chi connectivity index (χ3n) is 2.65. The molecule has 2 unspecified atom stereocenters. The molecule has 12 heavy (non-hydrogen) atoms. The quantitative estimate of drug-likeness (QED) is 0.635. The van der Waals surface area contributed by atoms with Crippen LogP contribution in [0.2, 0.25) is 0 Å². The average Bonchev–Trinajstić information content (AvgIpc) is 2.84. The smallest absolute Gasteiger partial charge is 0.0587 e. The predicted octanol–water partition coefficient (Wildman–Crippen LogP) is 1.54. The summed E-state index contributed by atoms with van der Waals surface area (Å²) in [5.74, 6) is 0.612.